The molecule has 0 unspecified atom stereocenters. The van der Waals surface area contributed by atoms with Gasteiger partial charge in [-0.2, -0.15) is 0 Å². The maximum atomic E-state index is 12.6. The van der Waals surface area contributed by atoms with Crippen molar-refractivity contribution in [1.29, 1.82) is 0 Å². The molecule has 1 aliphatic carbocycles. The van der Waals surface area contributed by atoms with E-state index >= 15 is 0 Å². The van der Waals surface area contributed by atoms with E-state index in [1.807, 2.05) is 12.3 Å². The Labute approximate surface area is 155 Å². The van der Waals surface area contributed by atoms with E-state index in [0.29, 0.717) is 6.54 Å². The summed E-state index contributed by atoms with van der Waals surface area (Å²) in [5, 5.41) is 3.29. The number of hydrogen-bond donors (Lipinski definition) is 2. The molecule has 0 saturated carbocycles. The lowest BCUT2D eigenvalue weighted by Gasteiger charge is -2.29. The van der Waals surface area contributed by atoms with E-state index in [-0.39, 0.29) is 11.9 Å². The summed E-state index contributed by atoms with van der Waals surface area (Å²) in [5.74, 6) is 1.34. The molecule has 5 nitrogen and oxygen atoms in total. The number of aromatic nitrogens is 1. The number of anilines is 1. The third kappa shape index (κ3) is 3.88. The Balaban J connectivity index is 1.29. The Morgan fingerprint density at radius 3 is 2.77 bits per heavy atom. The number of carbonyl (C=O) groups is 1. The minimum Gasteiger partial charge on any atom is -0.344 e. The van der Waals surface area contributed by atoms with Crippen molar-refractivity contribution in [2.75, 3.05) is 37.6 Å². The van der Waals surface area contributed by atoms with E-state index in [1.165, 1.54) is 16.0 Å². The lowest BCUT2D eigenvalue weighted by atomic mass is 9.88. The molecule has 0 bridgehead atoms. The van der Waals surface area contributed by atoms with E-state index in [1.54, 1.807) is 0 Å². The van der Waals surface area contributed by atoms with Crippen LogP contribution in [0, 0.1) is 0 Å². The molecule has 2 heterocycles. The fourth-order valence-electron chi connectivity index (χ4n) is 4.20. The molecule has 2 aliphatic rings. The predicted octanol–water partition coefficient (Wildman–Crippen LogP) is 0.399. The van der Waals surface area contributed by atoms with Crippen molar-refractivity contribution >= 4 is 11.7 Å². The lowest BCUT2D eigenvalue weighted by molar-refractivity contribution is -0.892. The highest BCUT2D eigenvalue weighted by atomic mass is 16.2. The van der Waals surface area contributed by atoms with Gasteiger partial charge in [-0.25, -0.2) is 4.98 Å². The normalized spacial score (nSPS) is 20.5. The molecule has 1 aliphatic heterocycles. The zero-order chi connectivity index (χ0) is 17.8. The fourth-order valence-corrected chi connectivity index (χ4v) is 4.20. The van der Waals surface area contributed by atoms with E-state index in [9.17, 15) is 4.79 Å². The van der Waals surface area contributed by atoms with Gasteiger partial charge in [-0.1, -0.05) is 30.3 Å². The van der Waals surface area contributed by atoms with Crippen molar-refractivity contribution in [3.63, 3.8) is 0 Å². The summed E-state index contributed by atoms with van der Waals surface area (Å²) < 4.78 is 0. The van der Waals surface area contributed by atoms with Crippen LogP contribution in [-0.2, 0) is 11.2 Å². The van der Waals surface area contributed by atoms with E-state index in [4.69, 9.17) is 0 Å². The minimum absolute atomic E-state index is 0.182. The molecule has 1 atom stereocenters. The topological polar surface area (TPSA) is 50.9 Å². The number of benzene rings is 1. The summed E-state index contributed by atoms with van der Waals surface area (Å²) in [7, 11) is 0. The second-order valence-electron chi connectivity index (χ2n) is 7.37. The van der Waals surface area contributed by atoms with Crippen LogP contribution in [0.3, 0.4) is 0 Å². The Hall–Kier alpha value is -2.40. The van der Waals surface area contributed by atoms with Gasteiger partial charge in [0.2, 0.25) is 0 Å². The second-order valence-corrected chi connectivity index (χ2v) is 7.37. The quantitative estimate of drug-likeness (QED) is 0.837. The standard InChI is InChI=1S/C21H26N4O/c26-21(23-19-9-5-7-17-6-1-2-8-18(17)19)16-24-12-14-25(15-13-24)20-10-3-4-11-22-20/h1-4,6,8,10-11,19H,5,7,9,12-16H2,(H,23,26)/p+2/t19-/m1/s1. The number of aryl methyl sites for hydroxylation is 1. The summed E-state index contributed by atoms with van der Waals surface area (Å²) in [6, 6.07) is 14.9. The largest absolute Gasteiger partial charge is 0.344 e. The van der Waals surface area contributed by atoms with Crippen LogP contribution in [0.1, 0.15) is 30.0 Å². The van der Waals surface area contributed by atoms with Crippen LogP contribution in [0.15, 0.2) is 48.7 Å². The Bertz CT molecular complexity index is 741. The summed E-state index contributed by atoms with van der Waals surface area (Å²) in [4.78, 5) is 19.6. The van der Waals surface area contributed by atoms with Gasteiger partial charge in [0.1, 0.15) is 26.2 Å². The first-order valence-corrected chi connectivity index (χ1v) is 9.72. The summed E-state index contributed by atoms with van der Waals surface area (Å²) in [5.41, 5.74) is 2.70. The molecule has 1 amide bonds. The van der Waals surface area contributed by atoms with E-state index in [2.05, 4.69) is 51.6 Å². The number of fused-ring (bicyclic) bond motifs is 1. The van der Waals surface area contributed by atoms with Gasteiger partial charge in [-0.3, -0.25) is 9.69 Å². The third-order valence-electron chi connectivity index (χ3n) is 5.62. The lowest BCUT2D eigenvalue weighted by Crippen LogP contribution is -3.16. The Morgan fingerprint density at radius 1 is 1.15 bits per heavy atom. The zero-order valence-corrected chi connectivity index (χ0v) is 15.2. The molecule has 1 aromatic carbocycles. The second kappa shape index (κ2) is 7.87. The van der Waals surface area contributed by atoms with Crippen molar-refractivity contribution in [1.82, 2.24) is 5.32 Å². The maximum absolute atomic E-state index is 12.6. The SMILES string of the molecule is O=C(C[NH+]1CCN(c2cccc[nH+]2)CC1)N[C@@H]1CCCc2ccccc21. The number of carbonyl (C=O) groups excluding carboxylic acids is 1. The van der Waals surface area contributed by atoms with Gasteiger partial charge in [0, 0.05) is 6.07 Å². The van der Waals surface area contributed by atoms with Gasteiger partial charge in [-0.05, 0) is 36.5 Å². The number of aromatic amines is 1. The highest BCUT2D eigenvalue weighted by Gasteiger charge is 2.28. The number of hydrogen-bond acceptors (Lipinski definition) is 2. The van der Waals surface area contributed by atoms with Crippen molar-refractivity contribution in [2.45, 2.75) is 25.3 Å². The number of H-pyrrole nitrogens is 1. The molecule has 5 heteroatoms. The molecule has 1 saturated heterocycles. The molecular formula is C21H28N4O+2. The molecule has 3 N–H and O–H groups in total. The number of nitrogens with zero attached hydrogens (tertiary/aromatic N) is 1. The highest BCUT2D eigenvalue weighted by molar-refractivity contribution is 5.77. The van der Waals surface area contributed by atoms with Gasteiger partial charge < -0.3 is 10.2 Å². The average Bonchev–Trinajstić information content (AvgIpc) is 2.69. The van der Waals surface area contributed by atoms with Crippen molar-refractivity contribution in [3.05, 3.63) is 59.8 Å². The Kier molecular flexibility index (Phi) is 5.16. The molecule has 4 rings (SSSR count). The van der Waals surface area contributed by atoms with E-state index in [0.717, 1.165) is 51.3 Å². The molecule has 1 fully saturated rings. The number of quaternary nitrogens is 1. The first-order valence-electron chi connectivity index (χ1n) is 9.72. The molecule has 1 aromatic heterocycles. The van der Waals surface area contributed by atoms with Crippen LogP contribution in [0.4, 0.5) is 5.82 Å². The number of rotatable bonds is 4. The maximum Gasteiger partial charge on any atom is 0.275 e. The summed E-state index contributed by atoms with van der Waals surface area (Å²) in [6.45, 7) is 4.53. The Morgan fingerprint density at radius 2 is 1.96 bits per heavy atom. The summed E-state index contributed by atoms with van der Waals surface area (Å²) in [6.07, 6.45) is 5.30. The number of pyridine rings is 1. The van der Waals surface area contributed by atoms with Crippen molar-refractivity contribution in [2.24, 2.45) is 0 Å². The number of amides is 1. The van der Waals surface area contributed by atoms with Crippen LogP contribution in [0.25, 0.3) is 0 Å². The molecule has 26 heavy (non-hydrogen) atoms. The van der Waals surface area contributed by atoms with Gasteiger partial charge in [0.25, 0.3) is 11.7 Å². The fraction of sp³-hybridized carbons (Fsp3) is 0.429. The van der Waals surface area contributed by atoms with Crippen molar-refractivity contribution < 1.29 is 14.7 Å². The van der Waals surface area contributed by atoms with Gasteiger partial charge in [0.05, 0.1) is 12.2 Å². The molecular weight excluding hydrogens is 324 g/mol. The molecule has 2 aromatic rings. The first-order chi connectivity index (χ1) is 12.8. The van der Waals surface area contributed by atoms with Gasteiger partial charge in [0.15, 0.2) is 6.54 Å². The van der Waals surface area contributed by atoms with Crippen LogP contribution >= 0.6 is 0 Å². The minimum atomic E-state index is 0.182. The molecule has 0 radical (unpaired) electrons. The molecule has 136 valence electrons. The predicted molar refractivity (Wildman–Crippen MR) is 101 cm³/mol. The van der Waals surface area contributed by atoms with Crippen LogP contribution in [0.2, 0.25) is 0 Å². The summed E-state index contributed by atoms with van der Waals surface area (Å²) >= 11 is 0. The van der Waals surface area contributed by atoms with Gasteiger partial charge >= 0.3 is 0 Å². The smallest absolute Gasteiger partial charge is 0.275 e. The third-order valence-corrected chi connectivity index (χ3v) is 5.62. The first kappa shape index (κ1) is 17.0. The van der Waals surface area contributed by atoms with Crippen LogP contribution < -0.4 is 20.1 Å². The monoisotopic (exact) mass is 352 g/mol. The average molecular weight is 352 g/mol. The van der Waals surface area contributed by atoms with Crippen LogP contribution in [-0.4, -0.2) is 38.6 Å². The van der Waals surface area contributed by atoms with E-state index < -0.39 is 0 Å². The molecule has 0 spiro atoms. The van der Waals surface area contributed by atoms with Crippen molar-refractivity contribution in [3.8, 4) is 0 Å². The number of nitrogens with one attached hydrogen (secondary N) is 3. The van der Waals surface area contributed by atoms with Gasteiger partial charge in [-0.15, -0.1) is 0 Å². The zero-order valence-electron chi connectivity index (χ0n) is 15.2. The van der Waals surface area contributed by atoms with Crippen LogP contribution in [0.5, 0.6) is 0 Å². The highest BCUT2D eigenvalue weighted by Crippen LogP contribution is 2.29. The number of piperazine rings is 1.